The molecule has 2 aliphatic rings. The standard InChI is InChI=1S/C24H16Br2F3NO4/c25-13-1-3-16(19(28)7-13)24(17-4-2-14(26)8-20(17)29)33-21-9-15(18(27)10-22(21)34-24)23-11-30(12-31)5-6-32-23/h1-4,7-10,12,23H,5-6,11H2. The molecule has 34 heavy (non-hydrogen) atoms. The lowest BCUT2D eigenvalue weighted by atomic mass is 9.96. The van der Waals surface area contributed by atoms with E-state index in [-0.39, 0.29) is 41.3 Å². The maximum absolute atomic E-state index is 15.1. The Hall–Kier alpha value is -2.56. The van der Waals surface area contributed by atoms with Gasteiger partial charge in [-0.2, -0.15) is 0 Å². The molecule has 0 saturated carbocycles. The molecule has 5 nitrogen and oxygen atoms in total. The lowest BCUT2D eigenvalue weighted by Gasteiger charge is -2.30. The number of rotatable bonds is 4. The van der Waals surface area contributed by atoms with Gasteiger partial charge in [0.05, 0.1) is 24.3 Å². The summed E-state index contributed by atoms with van der Waals surface area (Å²) in [5, 5.41) is 0. The Balaban J connectivity index is 1.63. The first-order chi connectivity index (χ1) is 16.3. The second-order valence-corrected chi connectivity index (χ2v) is 9.68. The normalized spacial score (nSPS) is 18.7. The number of ether oxygens (including phenoxy) is 3. The summed E-state index contributed by atoms with van der Waals surface area (Å²) in [6, 6.07) is 10.9. The van der Waals surface area contributed by atoms with Crippen molar-refractivity contribution in [3.8, 4) is 11.5 Å². The third kappa shape index (κ3) is 3.97. The number of hydrogen-bond donors (Lipinski definition) is 0. The van der Waals surface area contributed by atoms with Crippen LogP contribution in [0.4, 0.5) is 13.2 Å². The molecule has 0 spiro atoms. The van der Waals surface area contributed by atoms with E-state index >= 15 is 13.2 Å². The molecule has 5 rings (SSSR count). The van der Waals surface area contributed by atoms with E-state index in [1.54, 1.807) is 12.1 Å². The van der Waals surface area contributed by atoms with Crippen molar-refractivity contribution < 1.29 is 32.2 Å². The van der Waals surface area contributed by atoms with Crippen LogP contribution in [-0.2, 0) is 15.3 Å². The summed E-state index contributed by atoms with van der Waals surface area (Å²) in [5.41, 5.74) is -0.0236. The molecule has 2 heterocycles. The number of hydrogen-bond acceptors (Lipinski definition) is 4. The van der Waals surface area contributed by atoms with Gasteiger partial charge in [0.25, 0.3) is 0 Å². The molecule has 3 aromatic carbocycles. The minimum atomic E-state index is -2.04. The maximum Gasteiger partial charge on any atom is 0.311 e. The number of benzene rings is 3. The fraction of sp³-hybridized carbons (Fsp3) is 0.208. The molecular weight excluding hydrogens is 583 g/mol. The number of carbonyl (C=O) groups excluding carboxylic acids is 1. The molecule has 0 radical (unpaired) electrons. The molecule has 1 atom stereocenters. The number of carbonyl (C=O) groups is 1. The lowest BCUT2D eigenvalue weighted by molar-refractivity contribution is -0.125. The fourth-order valence-corrected chi connectivity index (χ4v) is 4.78. The number of nitrogens with zero attached hydrogens (tertiary/aromatic N) is 1. The van der Waals surface area contributed by atoms with Crippen molar-refractivity contribution in [1.29, 1.82) is 0 Å². The number of fused-ring (bicyclic) bond motifs is 1. The summed E-state index contributed by atoms with van der Waals surface area (Å²) in [4.78, 5) is 12.7. The first-order valence-corrected chi connectivity index (χ1v) is 11.8. The average molecular weight is 599 g/mol. The highest BCUT2D eigenvalue weighted by molar-refractivity contribution is 9.10. The van der Waals surface area contributed by atoms with Crippen LogP contribution in [0.2, 0.25) is 0 Å². The van der Waals surface area contributed by atoms with Gasteiger partial charge < -0.3 is 19.1 Å². The molecule has 176 valence electrons. The predicted molar refractivity (Wildman–Crippen MR) is 123 cm³/mol. The molecule has 0 bridgehead atoms. The monoisotopic (exact) mass is 597 g/mol. The summed E-state index contributed by atoms with van der Waals surface area (Å²) in [6.45, 7) is 0.810. The van der Waals surface area contributed by atoms with Crippen molar-refractivity contribution >= 4 is 38.3 Å². The molecule has 1 saturated heterocycles. The van der Waals surface area contributed by atoms with Crippen LogP contribution >= 0.6 is 31.9 Å². The van der Waals surface area contributed by atoms with Gasteiger partial charge in [-0.25, -0.2) is 13.2 Å². The van der Waals surface area contributed by atoms with E-state index < -0.39 is 29.3 Å². The quantitative estimate of drug-likeness (QED) is 0.355. The zero-order chi connectivity index (χ0) is 24.0. The van der Waals surface area contributed by atoms with Crippen LogP contribution < -0.4 is 9.47 Å². The third-order valence-corrected chi connectivity index (χ3v) is 6.72. The molecule has 3 aromatic rings. The Bertz CT molecular complexity index is 1240. The Morgan fingerprint density at radius 2 is 1.47 bits per heavy atom. The third-order valence-electron chi connectivity index (χ3n) is 5.74. The van der Waals surface area contributed by atoms with E-state index in [2.05, 4.69) is 31.9 Å². The van der Waals surface area contributed by atoms with E-state index in [0.29, 0.717) is 21.9 Å². The van der Waals surface area contributed by atoms with E-state index in [1.165, 1.54) is 35.2 Å². The van der Waals surface area contributed by atoms with Crippen molar-refractivity contribution in [3.63, 3.8) is 0 Å². The number of amides is 1. The maximum atomic E-state index is 15.1. The van der Waals surface area contributed by atoms with Gasteiger partial charge >= 0.3 is 5.79 Å². The van der Waals surface area contributed by atoms with Crippen LogP contribution in [-0.4, -0.2) is 31.0 Å². The van der Waals surface area contributed by atoms with Gasteiger partial charge in [-0.1, -0.05) is 31.9 Å². The van der Waals surface area contributed by atoms with Gasteiger partial charge in [-0.3, -0.25) is 4.79 Å². The first-order valence-electron chi connectivity index (χ1n) is 10.2. The molecule has 0 aromatic heterocycles. The molecule has 0 N–H and O–H groups in total. The van der Waals surface area contributed by atoms with E-state index in [0.717, 1.165) is 6.07 Å². The van der Waals surface area contributed by atoms with Crippen molar-refractivity contribution in [3.05, 3.63) is 91.6 Å². The summed E-state index contributed by atoms with van der Waals surface area (Å²) in [7, 11) is 0. The SMILES string of the molecule is O=CN1CCOC(c2cc3c(cc2F)OC(c2ccc(Br)cc2F)(c2ccc(Br)cc2F)O3)C1. The zero-order valence-corrected chi connectivity index (χ0v) is 20.5. The highest BCUT2D eigenvalue weighted by Crippen LogP contribution is 2.50. The second-order valence-electron chi connectivity index (χ2n) is 7.85. The van der Waals surface area contributed by atoms with Gasteiger partial charge in [0.15, 0.2) is 11.5 Å². The van der Waals surface area contributed by atoms with E-state index in [1.807, 2.05) is 0 Å². The van der Waals surface area contributed by atoms with Crippen LogP contribution in [0.1, 0.15) is 22.8 Å². The fourth-order valence-electron chi connectivity index (χ4n) is 4.12. The minimum Gasteiger partial charge on any atom is -0.440 e. The molecule has 2 aliphatic heterocycles. The van der Waals surface area contributed by atoms with Crippen LogP contribution in [0.25, 0.3) is 0 Å². The molecular formula is C24H16Br2F3NO4. The Labute approximate surface area is 209 Å². The zero-order valence-electron chi connectivity index (χ0n) is 17.4. The van der Waals surface area contributed by atoms with Crippen molar-refractivity contribution in [2.24, 2.45) is 0 Å². The van der Waals surface area contributed by atoms with Gasteiger partial charge in [-0.15, -0.1) is 0 Å². The Kier molecular flexibility index (Phi) is 6.07. The van der Waals surface area contributed by atoms with Gasteiger partial charge in [0, 0.05) is 27.1 Å². The van der Waals surface area contributed by atoms with Crippen LogP contribution in [0.15, 0.2) is 57.5 Å². The molecule has 1 amide bonds. The first kappa shape index (κ1) is 23.2. The largest absolute Gasteiger partial charge is 0.440 e. The van der Waals surface area contributed by atoms with E-state index in [4.69, 9.17) is 14.2 Å². The lowest BCUT2D eigenvalue weighted by Crippen LogP contribution is -2.38. The Morgan fingerprint density at radius 3 is 2.03 bits per heavy atom. The highest BCUT2D eigenvalue weighted by atomic mass is 79.9. The molecule has 1 fully saturated rings. The number of halogens is 5. The van der Waals surface area contributed by atoms with Gasteiger partial charge in [-0.05, 0) is 42.5 Å². The van der Waals surface area contributed by atoms with E-state index in [9.17, 15) is 4.79 Å². The van der Waals surface area contributed by atoms with Gasteiger partial charge in [0.2, 0.25) is 6.41 Å². The topological polar surface area (TPSA) is 48.0 Å². The van der Waals surface area contributed by atoms with Crippen molar-refractivity contribution in [1.82, 2.24) is 4.90 Å². The summed E-state index contributed by atoms with van der Waals surface area (Å²) in [5.74, 6) is -4.03. The van der Waals surface area contributed by atoms with Gasteiger partial charge in [0.1, 0.15) is 23.6 Å². The second kappa shape index (κ2) is 8.90. The molecule has 10 heteroatoms. The summed E-state index contributed by atoms with van der Waals surface area (Å²) >= 11 is 6.42. The van der Waals surface area contributed by atoms with Crippen LogP contribution in [0, 0.1) is 17.5 Å². The number of morpholine rings is 1. The summed E-state index contributed by atoms with van der Waals surface area (Å²) < 4.78 is 64.1. The van der Waals surface area contributed by atoms with Crippen LogP contribution in [0.5, 0.6) is 11.5 Å². The average Bonchev–Trinajstić information content (AvgIpc) is 3.17. The predicted octanol–water partition coefficient (Wildman–Crippen LogP) is 5.83. The smallest absolute Gasteiger partial charge is 0.311 e. The highest BCUT2D eigenvalue weighted by Gasteiger charge is 2.49. The minimum absolute atomic E-state index is 0.0195. The molecule has 0 aliphatic carbocycles. The summed E-state index contributed by atoms with van der Waals surface area (Å²) in [6.07, 6.45) is -0.0467. The van der Waals surface area contributed by atoms with Crippen molar-refractivity contribution in [2.45, 2.75) is 11.9 Å². The Morgan fingerprint density at radius 1 is 0.882 bits per heavy atom. The van der Waals surface area contributed by atoms with Crippen molar-refractivity contribution in [2.75, 3.05) is 19.7 Å². The molecule has 1 unspecified atom stereocenters. The van der Waals surface area contributed by atoms with Crippen LogP contribution in [0.3, 0.4) is 0 Å².